The number of aromatic nitrogens is 3. The van der Waals surface area contributed by atoms with Gasteiger partial charge in [-0.05, 0) is 18.1 Å². The molecule has 0 fully saturated rings. The molecule has 1 amide bonds. The number of carbonyl (C=O) groups is 1. The van der Waals surface area contributed by atoms with E-state index in [1.165, 1.54) is 5.56 Å². The van der Waals surface area contributed by atoms with Crippen molar-refractivity contribution in [1.29, 1.82) is 0 Å². The molecule has 0 saturated carbocycles. The number of amides is 1. The standard InChI is InChI=1S/C14H18N4O/c1-4-12-15-13(17-16-12)14(19)18(3)9-11-8-6-5-7-10(11)2/h5-8H,4,9H2,1-3H3,(H,15,16,17). The van der Waals surface area contributed by atoms with Gasteiger partial charge in [0.15, 0.2) is 0 Å². The fourth-order valence-electron chi connectivity index (χ4n) is 1.83. The van der Waals surface area contributed by atoms with E-state index in [1.54, 1.807) is 11.9 Å². The number of carbonyl (C=O) groups excluding carboxylic acids is 1. The third-order valence-electron chi connectivity index (χ3n) is 3.07. The molecule has 2 rings (SSSR count). The molecule has 0 saturated heterocycles. The van der Waals surface area contributed by atoms with Crippen molar-refractivity contribution < 1.29 is 4.79 Å². The highest BCUT2D eigenvalue weighted by Crippen LogP contribution is 2.10. The van der Waals surface area contributed by atoms with Crippen molar-refractivity contribution in [3.63, 3.8) is 0 Å². The van der Waals surface area contributed by atoms with Crippen LogP contribution in [0.5, 0.6) is 0 Å². The maximum Gasteiger partial charge on any atom is 0.293 e. The number of hydrogen-bond acceptors (Lipinski definition) is 3. The van der Waals surface area contributed by atoms with Crippen LogP contribution in [0.1, 0.15) is 34.5 Å². The molecular weight excluding hydrogens is 240 g/mol. The molecule has 100 valence electrons. The van der Waals surface area contributed by atoms with E-state index >= 15 is 0 Å². The highest BCUT2D eigenvalue weighted by molar-refractivity contribution is 5.90. The van der Waals surface area contributed by atoms with E-state index in [0.717, 1.165) is 17.8 Å². The van der Waals surface area contributed by atoms with Gasteiger partial charge >= 0.3 is 0 Å². The minimum Gasteiger partial charge on any atom is -0.335 e. The van der Waals surface area contributed by atoms with Crippen molar-refractivity contribution in [2.24, 2.45) is 0 Å². The van der Waals surface area contributed by atoms with Crippen molar-refractivity contribution >= 4 is 5.91 Å². The normalized spacial score (nSPS) is 10.5. The molecule has 0 spiro atoms. The lowest BCUT2D eigenvalue weighted by molar-refractivity contribution is 0.0773. The number of nitrogens with zero attached hydrogens (tertiary/aromatic N) is 3. The first-order valence-corrected chi connectivity index (χ1v) is 6.33. The van der Waals surface area contributed by atoms with E-state index in [-0.39, 0.29) is 11.7 Å². The lowest BCUT2D eigenvalue weighted by atomic mass is 10.1. The Morgan fingerprint density at radius 3 is 2.74 bits per heavy atom. The first kappa shape index (κ1) is 13.3. The molecule has 0 aliphatic carbocycles. The van der Waals surface area contributed by atoms with E-state index in [4.69, 9.17) is 0 Å². The second-order valence-electron chi connectivity index (χ2n) is 4.55. The van der Waals surface area contributed by atoms with Gasteiger partial charge in [-0.15, -0.1) is 5.10 Å². The number of H-pyrrole nitrogens is 1. The second-order valence-corrected chi connectivity index (χ2v) is 4.55. The molecule has 1 N–H and O–H groups in total. The summed E-state index contributed by atoms with van der Waals surface area (Å²) in [5.74, 6) is 0.791. The van der Waals surface area contributed by atoms with Crippen LogP contribution in [0.2, 0.25) is 0 Å². The molecule has 1 aromatic carbocycles. The number of benzene rings is 1. The van der Waals surface area contributed by atoms with E-state index in [9.17, 15) is 4.79 Å². The average Bonchev–Trinajstić information content (AvgIpc) is 2.89. The van der Waals surface area contributed by atoms with E-state index in [0.29, 0.717) is 6.54 Å². The molecule has 1 heterocycles. The van der Waals surface area contributed by atoms with Crippen LogP contribution in [-0.2, 0) is 13.0 Å². The Labute approximate surface area is 112 Å². The molecule has 5 heteroatoms. The number of aryl methyl sites for hydroxylation is 2. The molecule has 0 unspecified atom stereocenters. The maximum atomic E-state index is 12.2. The summed E-state index contributed by atoms with van der Waals surface area (Å²) in [6.45, 7) is 4.56. The number of aromatic amines is 1. The zero-order valence-electron chi connectivity index (χ0n) is 11.5. The first-order valence-electron chi connectivity index (χ1n) is 6.33. The molecule has 0 radical (unpaired) electrons. The fraction of sp³-hybridized carbons (Fsp3) is 0.357. The van der Waals surface area contributed by atoms with Crippen LogP contribution in [0.3, 0.4) is 0 Å². The summed E-state index contributed by atoms with van der Waals surface area (Å²) in [6, 6.07) is 8.02. The van der Waals surface area contributed by atoms with Crippen LogP contribution in [0.4, 0.5) is 0 Å². The van der Waals surface area contributed by atoms with Crippen molar-refractivity contribution in [2.75, 3.05) is 7.05 Å². The summed E-state index contributed by atoms with van der Waals surface area (Å²) in [4.78, 5) is 18.0. The van der Waals surface area contributed by atoms with Gasteiger partial charge < -0.3 is 4.90 Å². The lowest BCUT2D eigenvalue weighted by Crippen LogP contribution is -2.27. The summed E-state index contributed by atoms with van der Waals surface area (Å²) in [6.07, 6.45) is 0.738. The van der Waals surface area contributed by atoms with Crippen LogP contribution in [-0.4, -0.2) is 33.0 Å². The SMILES string of the molecule is CCc1nc(C(=O)N(C)Cc2ccccc2C)n[nH]1. The molecule has 1 aromatic heterocycles. The molecular formula is C14H18N4O. The molecule has 5 nitrogen and oxygen atoms in total. The van der Waals surface area contributed by atoms with Crippen LogP contribution in [0, 0.1) is 6.92 Å². The van der Waals surface area contributed by atoms with Crippen molar-refractivity contribution in [3.8, 4) is 0 Å². The predicted molar refractivity (Wildman–Crippen MR) is 72.7 cm³/mol. The fourth-order valence-corrected chi connectivity index (χ4v) is 1.83. The first-order chi connectivity index (χ1) is 9.11. The smallest absolute Gasteiger partial charge is 0.293 e. The zero-order chi connectivity index (χ0) is 13.8. The highest BCUT2D eigenvalue weighted by atomic mass is 16.2. The molecule has 0 bridgehead atoms. The van der Waals surface area contributed by atoms with Crippen molar-refractivity contribution in [3.05, 3.63) is 47.0 Å². The molecule has 2 aromatic rings. The lowest BCUT2D eigenvalue weighted by Gasteiger charge is -2.16. The van der Waals surface area contributed by atoms with Crippen LogP contribution < -0.4 is 0 Å². The van der Waals surface area contributed by atoms with Gasteiger partial charge in [0.25, 0.3) is 5.91 Å². The van der Waals surface area contributed by atoms with Gasteiger partial charge in [-0.2, -0.15) is 0 Å². The Morgan fingerprint density at radius 1 is 1.37 bits per heavy atom. The maximum absolute atomic E-state index is 12.2. The predicted octanol–water partition coefficient (Wildman–Crippen LogP) is 1.95. The Hall–Kier alpha value is -2.17. The highest BCUT2D eigenvalue weighted by Gasteiger charge is 2.17. The number of rotatable bonds is 4. The minimum atomic E-state index is -0.167. The Bertz CT molecular complexity index is 576. The summed E-state index contributed by atoms with van der Waals surface area (Å²) in [7, 11) is 1.76. The number of nitrogens with one attached hydrogen (secondary N) is 1. The Balaban J connectivity index is 2.09. The van der Waals surface area contributed by atoms with Crippen LogP contribution >= 0.6 is 0 Å². The zero-order valence-corrected chi connectivity index (χ0v) is 11.5. The van der Waals surface area contributed by atoms with Gasteiger partial charge in [0, 0.05) is 20.0 Å². The van der Waals surface area contributed by atoms with Crippen molar-refractivity contribution in [1.82, 2.24) is 20.1 Å². The quantitative estimate of drug-likeness (QED) is 0.911. The number of hydrogen-bond donors (Lipinski definition) is 1. The monoisotopic (exact) mass is 258 g/mol. The summed E-state index contributed by atoms with van der Waals surface area (Å²) < 4.78 is 0. The van der Waals surface area contributed by atoms with Gasteiger partial charge in [0.2, 0.25) is 5.82 Å². The molecule has 0 aliphatic heterocycles. The van der Waals surface area contributed by atoms with Crippen LogP contribution in [0.25, 0.3) is 0 Å². The summed E-state index contributed by atoms with van der Waals surface area (Å²) >= 11 is 0. The van der Waals surface area contributed by atoms with Gasteiger partial charge in [0.1, 0.15) is 5.82 Å². The van der Waals surface area contributed by atoms with E-state index in [2.05, 4.69) is 15.2 Å². The topological polar surface area (TPSA) is 61.9 Å². The van der Waals surface area contributed by atoms with E-state index < -0.39 is 0 Å². The Morgan fingerprint density at radius 2 is 2.11 bits per heavy atom. The Kier molecular flexibility index (Phi) is 3.94. The van der Waals surface area contributed by atoms with Crippen molar-refractivity contribution in [2.45, 2.75) is 26.8 Å². The molecule has 0 aliphatic rings. The summed E-state index contributed by atoms with van der Waals surface area (Å²) in [5, 5.41) is 6.70. The molecule has 19 heavy (non-hydrogen) atoms. The van der Waals surface area contributed by atoms with Gasteiger partial charge in [-0.3, -0.25) is 9.89 Å². The average molecular weight is 258 g/mol. The molecule has 0 atom stereocenters. The van der Waals surface area contributed by atoms with E-state index in [1.807, 2.05) is 38.1 Å². The van der Waals surface area contributed by atoms with Gasteiger partial charge in [0.05, 0.1) is 0 Å². The van der Waals surface area contributed by atoms with Crippen LogP contribution in [0.15, 0.2) is 24.3 Å². The van der Waals surface area contributed by atoms with Gasteiger partial charge in [-0.25, -0.2) is 4.98 Å². The largest absolute Gasteiger partial charge is 0.335 e. The third kappa shape index (κ3) is 2.99. The summed E-state index contributed by atoms with van der Waals surface area (Å²) in [5.41, 5.74) is 2.30. The van der Waals surface area contributed by atoms with Gasteiger partial charge in [-0.1, -0.05) is 31.2 Å². The minimum absolute atomic E-state index is 0.167. The third-order valence-corrected chi connectivity index (χ3v) is 3.07. The second kappa shape index (κ2) is 5.65.